The van der Waals surface area contributed by atoms with E-state index in [1.807, 2.05) is 0 Å². The van der Waals surface area contributed by atoms with Crippen LogP contribution in [0, 0.1) is 5.82 Å². The summed E-state index contributed by atoms with van der Waals surface area (Å²) >= 11 is 0. The third-order valence-electron chi connectivity index (χ3n) is 2.31. The number of guanidine groups is 1. The smallest absolute Gasteiger partial charge is 0.211 e. The van der Waals surface area contributed by atoms with E-state index in [2.05, 4.69) is 10.2 Å². The molecule has 0 spiro atoms. The van der Waals surface area contributed by atoms with Crippen molar-refractivity contribution in [1.29, 1.82) is 0 Å². The average Bonchev–Trinajstić information content (AvgIpc) is 2.43. The van der Waals surface area contributed by atoms with Gasteiger partial charge in [0.15, 0.2) is 0 Å². The van der Waals surface area contributed by atoms with Crippen LogP contribution in [0.15, 0.2) is 58.7 Å². The zero-order chi connectivity index (χ0) is 14.4. The Kier molecular flexibility index (Phi) is 4.28. The van der Waals surface area contributed by atoms with Gasteiger partial charge in [-0.15, -0.1) is 5.10 Å². The van der Waals surface area contributed by atoms with Gasteiger partial charge in [-0.05, 0) is 54.1 Å². The van der Waals surface area contributed by atoms with E-state index in [9.17, 15) is 4.39 Å². The van der Waals surface area contributed by atoms with Gasteiger partial charge in [-0.1, -0.05) is 0 Å². The molecule has 2 rings (SSSR count). The maximum Gasteiger partial charge on any atom is 0.211 e. The summed E-state index contributed by atoms with van der Waals surface area (Å²) in [6.07, 6.45) is 1.52. The van der Waals surface area contributed by atoms with Crippen LogP contribution < -0.4 is 16.2 Å². The lowest BCUT2D eigenvalue weighted by molar-refractivity contribution is 0.480. The van der Waals surface area contributed by atoms with Crippen LogP contribution in [0.1, 0.15) is 5.56 Å². The second-order valence-electron chi connectivity index (χ2n) is 3.89. The molecule has 4 N–H and O–H groups in total. The molecular formula is C14H13FN4O. The second-order valence-corrected chi connectivity index (χ2v) is 3.89. The summed E-state index contributed by atoms with van der Waals surface area (Å²) in [5.41, 5.74) is 11.1. The molecule has 5 nitrogen and oxygen atoms in total. The monoisotopic (exact) mass is 272 g/mol. The van der Waals surface area contributed by atoms with E-state index in [-0.39, 0.29) is 11.8 Å². The van der Waals surface area contributed by atoms with E-state index in [4.69, 9.17) is 16.2 Å². The van der Waals surface area contributed by atoms with Gasteiger partial charge in [0, 0.05) is 0 Å². The van der Waals surface area contributed by atoms with Crippen LogP contribution in [0.4, 0.5) is 4.39 Å². The normalized spacial score (nSPS) is 10.4. The number of benzene rings is 2. The van der Waals surface area contributed by atoms with Gasteiger partial charge < -0.3 is 16.2 Å². The maximum atomic E-state index is 12.8. The Morgan fingerprint density at radius 3 is 2.05 bits per heavy atom. The van der Waals surface area contributed by atoms with Gasteiger partial charge in [-0.3, -0.25) is 0 Å². The van der Waals surface area contributed by atoms with Gasteiger partial charge in [0.1, 0.15) is 17.3 Å². The van der Waals surface area contributed by atoms with Crippen molar-refractivity contribution in [3.05, 3.63) is 59.9 Å². The maximum absolute atomic E-state index is 12.8. The number of halogens is 1. The van der Waals surface area contributed by atoms with Gasteiger partial charge in [0.05, 0.1) is 6.21 Å². The molecule has 0 aliphatic heterocycles. The molecule has 0 saturated carbocycles. The first-order valence-corrected chi connectivity index (χ1v) is 5.79. The molecule has 0 aliphatic rings. The van der Waals surface area contributed by atoms with E-state index >= 15 is 0 Å². The molecule has 0 fully saturated rings. The zero-order valence-corrected chi connectivity index (χ0v) is 10.5. The molecule has 0 heterocycles. The Morgan fingerprint density at radius 1 is 0.950 bits per heavy atom. The van der Waals surface area contributed by atoms with Gasteiger partial charge in [0.2, 0.25) is 5.96 Å². The van der Waals surface area contributed by atoms with Crippen LogP contribution in [0.3, 0.4) is 0 Å². The van der Waals surface area contributed by atoms with Crippen molar-refractivity contribution >= 4 is 12.2 Å². The molecule has 0 amide bonds. The van der Waals surface area contributed by atoms with Crippen molar-refractivity contribution < 1.29 is 9.13 Å². The van der Waals surface area contributed by atoms with Crippen LogP contribution in [0.2, 0.25) is 0 Å². The minimum atomic E-state index is -0.302. The number of nitrogens with two attached hydrogens (primary N) is 2. The van der Waals surface area contributed by atoms with E-state index in [0.29, 0.717) is 11.5 Å². The SMILES string of the molecule is NC(N)=N/N=C/c1ccc(Oc2ccc(F)cc2)cc1. The highest BCUT2D eigenvalue weighted by atomic mass is 19.1. The molecule has 0 radical (unpaired) electrons. The Bertz CT molecular complexity index is 617. The Balaban J connectivity index is 2.03. The highest BCUT2D eigenvalue weighted by Crippen LogP contribution is 2.21. The zero-order valence-electron chi connectivity index (χ0n) is 10.5. The summed E-state index contributed by atoms with van der Waals surface area (Å²) in [6, 6.07) is 12.9. The number of rotatable bonds is 4. The molecular weight excluding hydrogens is 259 g/mol. The Morgan fingerprint density at radius 2 is 1.50 bits per heavy atom. The molecule has 102 valence electrons. The summed E-state index contributed by atoms with van der Waals surface area (Å²) < 4.78 is 18.3. The lowest BCUT2D eigenvalue weighted by atomic mass is 10.2. The molecule has 0 atom stereocenters. The lowest BCUT2D eigenvalue weighted by Crippen LogP contribution is -2.21. The first kappa shape index (κ1) is 13.5. The van der Waals surface area contributed by atoms with Crippen molar-refractivity contribution in [3.63, 3.8) is 0 Å². The Labute approximate surface area is 115 Å². The summed E-state index contributed by atoms with van der Waals surface area (Å²) in [4.78, 5) is 0. The summed E-state index contributed by atoms with van der Waals surface area (Å²) in [5, 5.41) is 7.19. The first-order chi connectivity index (χ1) is 9.63. The van der Waals surface area contributed by atoms with E-state index in [1.54, 1.807) is 36.4 Å². The molecule has 2 aromatic carbocycles. The van der Waals surface area contributed by atoms with Gasteiger partial charge in [0.25, 0.3) is 0 Å². The van der Waals surface area contributed by atoms with E-state index < -0.39 is 0 Å². The summed E-state index contributed by atoms with van der Waals surface area (Å²) in [7, 11) is 0. The molecule has 6 heteroatoms. The quantitative estimate of drug-likeness (QED) is 0.508. The largest absolute Gasteiger partial charge is 0.457 e. The third-order valence-corrected chi connectivity index (χ3v) is 2.31. The summed E-state index contributed by atoms with van der Waals surface area (Å²) in [5.74, 6) is 0.796. The van der Waals surface area contributed by atoms with E-state index in [1.165, 1.54) is 18.3 Å². The van der Waals surface area contributed by atoms with Crippen LogP contribution in [-0.4, -0.2) is 12.2 Å². The fraction of sp³-hybridized carbons (Fsp3) is 0. The highest BCUT2D eigenvalue weighted by molar-refractivity contribution is 5.81. The standard InChI is InChI=1S/C14H13FN4O/c15-11-3-7-13(8-4-11)20-12-5-1-10(2-6-12)9-18-19-14(16)17/h1-9H,(H4,16,17,19)/b18-9+. The number of hydrogen-bond donors (Lipinski definition) is 2. The molecule has 2 aromatic rings. The van der Waals surface area contributed by atoms with Crippen LogP contribution in [0.5, 0.6) is 11.5 Å². The molecule has 0 aliphatic carbocycles. The minimum absolute atomic E-state index is 0.0995. The fourth-order valence-corrected chi connectivity index (χ4v) is 1.42. The predicted octanol–water partition coefficient (Wildman–Crippen LogP) is 2.23. The van der Waals surface area contributed by atoms with Crippen molar-refractivity contribution in [2.45, 2.75) is 0 Å². The van der Waals surface area contributed by atoms with Crippen LogP contribution in [-0.2, 0) is 0 Å². The first-order valence-electron chi connectivity index (χ1n) is 5.79. The van der Waals surface area contributed by atoms with Gasteiger partial charge in [-0.25, -0.2) is 4.39 Å². The van der Waals surface area contributed by atoms with E-state index in [0.717, 1.165) is 5.56 Å². The topological polar surface area (TPSA) is 86.0 Å². The average molecular weight is 272 g/mol. The lowest BCUT2D eigenvalue weighted by Gasteiger charge is -2.05. The van der Waals surface area contributed by atoms with Crippen LogP contribution >= 0.6 is 0 Å². The predicted molar refractivity (Wildman–Crippen MR) is 76.3 cm³/mol. The second kappa shape index (κ2) is 6.33. The summed E-state index contributed by atoms with van der Waals surface area (Å²) in [6.45, 7) is 0. The van der Waals surface area contributed by atoms with Crippen molar-refractivity contribution in [2.75, 3.05) is 0 Å². The number of nitrogens with zero attached hydrogens (tertiary/aromatic N) is 2. The van der Waals surface area contributed by atoms with Gasteiger partial charge in [-0.2, -0.15) is 5.10 Å². The third kappa shape index (κ3) is 4.09. The minimum Gasteiger partial charge on any atom is -0.457 e. The number of ether oxygens (including phenoxy) is 1. The molecule has 20 heavy (non-hydrogen) atoms. The van der Waals surface area contributed by atoms with Crippen molar-refractivity contribution in [3.8, 4) is 11.5 Å². The van der Waals surface area contributed by atoms with Crippen LogP contribution in [0.25, 0.3) is 0 Å². The fourth-order valence-electron chi connectivity index (χ4n) is 1.42. The van der Waals surface area contributed by atoms with Gasteiger partial charge >= 0.3 is 0 Å². The van der Waals surface area contributed by atoms with Crippen molar-refractivity contribution in [1.82, 2.24) is 0 Å². The highest BCUT2D eigenvalue weighted by Gasteiger charge is 1.97. The Hall–Kier alpha value is -2.89. The molecule has 0 aromatic heterocycles. The molecule has 0 unspecified atom stereocenters. The van der Waals surface area contributed by atoms with Crippen molar-refractivity contribution in [2.24, 2.45) is 21.7 Å². The number of hydrogen-bond acceptors (Lipinski definition) is 3. The molecule has 0 saturated heterocycles. The molecule has 0 bridgehead atoms.